The van der Waals surface area contributed by atoms with Crippen LogP contribution < -0.4 is 10.1 Å². The number of hydrogen-bond donors (Lipinski definition) is 1. The molecule has 0 fully saturated rings. The van der Waals surface area contributed by atoms with Crippen LogP contribution >= 0.6 is 11.6 Å². The highest BCUT2D eigenvalue weighted by Gasteiger charge is 2.22. The maximum atomic E-state index is 12.7. The standard InChI is InChI=1S/C21H26ClNO2/c1-5-19(16-11-10-14(3)15(4)12-16)23-21(24)20(6-2)25-18-9-7-8-17(22)13-18/h7-13,19-20H,5-6H2,1-4H3,(H,23,24)/t19-,20-/m1/s1. The summed E-state index contributed by atoms with van der Waals surface area (Å²) in [5, 5.41) is 3.71. The number of carbonyl (C=O) groups excluding carboxylic acids is 1. The summed E-state index contributed by atoms with van der Waals surface area (Å²) in [6, 6.07) is 13.4. The summed E-state index contributed by atoms with van der Waals surface area (Å²) in [6.07, 6.45) is 0.864. The van der Waals surface area contributed by atoms with E-state index in [2.05, 4.69) is 44.3 Å². The molecule has 0 spiro atoms. The topological polar surface area (TPSA) is 38.3 Å². The van der Waals surface area contributed by atoms with Crippen LogP contribution in [0.2, 0.25) is 5.02 Å². The molecular formula is C21H26ClNO2. The van der Waals surface area contributed by atoms with E-state index >= 15 is 0 Å². The molecule has 2 aromatic rings. The predicted molar refractivity (Wildman–Crippen MR) is 103 cm³/mol. The third kappa shape index (κ3) is 5.23. The summed E-state index contributed by atoms with van der Waals surface area (Å²) in [7, 11) is 0. The van der Waals surface area contributed by atoms with E-state index in [9.17, 15) is 4.79 Å². The SMILES string of the molecule is CC[C@@H](Oc1cccc(Cl)c1)C(=O)N[C@H](CC)c1ccc(C)c(C)c1. The Balaban J connectivity index is 2.09. The van der Waals surface area contributed by atoms with Crippen LogP contribution in [-0.4, -0.2) is 12.0 Å². The van der Waals surface area contributed by atoms with E-state index in [1.807, 2.05) is 19.1 Å². The number of ether oxygens (including phenoxy) is 1. The Bertz CT molecular complexity index is 730. The summed E-state index contributed by atoms with van der Waals surface area (Å²) in [5.41, 5.74) is 3.60. The van der Waals surface area contributed by atoms with Gasteiger partial charge in [0.2, 0.25) is 0 Å². The van der Waals surface area contributed by atoms with E-state index in [4.69, 9.17) is 16.3 Å². The minimum Gasteiger partial charge on any atom is -0.481 e. The van der Waals surface area contributed by atoms with Crippen molar-refractivity contribution >= 4 is 17.5 Å². The molecule has 0 saturated carbocycles. The lowest BCUT2D eigenvalue weighted by Crippen LogP contribution is -2.40. The summed E-state index contributed by atoms with van der Waals surface area (Å²) in [6.45, 7) is 8.18. The van der Waals surface area contributed by atoms with E-state index in [-0.39, 0.29) is 11.9 Å². The van der Waals surface area contributed by atoms with Crippen molar-refractivity contribution in [3.63, 3.8) is 0 Å². The molecule has 0 aliphatic rings. The van der Waals surface area contributed by atoms with E-state index in [1.165, 1.54) is 11.1 Å². The van der Waals surface area contributed by atoms with Crippen LogP contribution in [0.15, 0.2) is 42.5 Å². The number of rotatable bonds is 7. The number of nitrogens with one attached hydrogen (secondary N) is 1. The molecule has 0 heterocycles. The smallest absolute Gasteiger partial charge is 0.261 e. The zero-order valence-electron chi connectivity index (χ0n) is 15.3. The second-order valence-electron chi connectivity index (χ2n) is 6.29. The van der Waals surface area contributed by atoms with Gasteiger partial charge in [0.05, 0.1) is 6.04 Å². The molecule has 0 aliphatic carbocycles. The Kier molecular flexibility index (Phi) is 6.89. The maximum absolute atomic E-state index is 12.7. The number of hydrogen-bond acceptors (Lipinski definition) is 2. The fourth-order valence-corrected chi connectivity index (χ4v) is 2.87. The first-order chi connectivity index (χ1) is 11.9. The molecule has 0 saturated heterocycles. The predicted octanol–water partition coefficient (Wildman–Crippen LogP) is 5.38. The van der Waals surface area contributed by atoms with Crippen LogP contribution in [-0.2, 0) is 4.79 Å². The van der Waals surface area contributed by atoms with Crippen molar-refractivity contribution in [1.29, 1.82) is 0 Å². The fourth-order valence-electron chi connectivity index (χ4n) is 2.69. The monoisotopic (exact) mass is 359 g/mol. The number of aryl methyl sites for hydroxylation is 2. The van der Waals surface area contributed by atoms with Crippen LogP contribution in [0.5, 0.6) is 5.75 Å². The maximum Gasteiger partial charge on any atom is 0.261 e. The molecule has 2 rings (SSSR count). The molecule has 2 aromatic carbocycles. The van der Waals surface area contributed by atoms with Crippen LogP contribution in [0.4, 0.5) is 0 Å². The van der Waals surface area contributed by atoms with Gasteiger partial charge in [0.15, 0.2) is 6.10 Å². The largest absolute Gasteiger partial charge is 0.481 e. The van der Waals surface area contributed by atoms with Crippen molar-refractivity contribution in [2.45, 2.75) is 52.7 Å². The molecule has 4 heteroatoms. The Morgan fingerprint density at radius 2 is 1.84 bits per heavy atom. The number of amides is 1. The van der Waals surface area contributed by atoms with Gasteiger partial charge in [0.25, 0.3) is 5.91 Å². The van der Waals surface area contributed by atoms with Gasteiger partial charge < -0.3 is 10.1 Å². The second-order valence-corrected chi connectivity index (χ2v) is 6.72. The Morgan fingerprint density at radius 1 is 1.08 bits per heavy atom. The third-order valence-corrected chi connectivity index (χ3v) is 4.63. The van der Waals surface area contributed by atoms with E-state index < -0.39 is 6.10 Å². The average molecular weight is 360 g/mol. The minimum atomic E-state index is -0.543. The average Bonchev–Trinajstić information content (AvgIpc) is 2.60. The molecular weight excluding hydrogens is 334 g/mol. The first-order valence-electron chi connectivity index (χ1n) is 8.74. The van der Waals surface area contributed by atoms with Crippen molar-refractivity contribution in [3.05, 3.63) is 64.2 Å². The Morgan fingerprint density at radius 3 is 2.44 bits per heavy atom. The van der Waals surface area contributed by atoms with Gasteiger partial charge >= 0.3 is 0 Å². The van der Waals surface area contributed by atoms with Gasteiger partial charge in [0.1, 0.15) is 5.75 Å². The lowest BCUT2D eigenvalue weighted by Gasteiger charge is -2.23. The van der Waals surface area contributed by atoms with E-state index in [1.54, 1.807) is 12.1 Å². The molecule has 1 amide bonds. The highest BCUT2D eigenvalue weighted by Crippen LogP contribution is 2.22. The number of benzene rings is 2. The number of carbonyl (C=O) groups is 1. The number of halogens is 1. The van der Waals surface area contributed by atoms with Gasteiger partial charge in [-0.15, -0.1) is 0 Å². The fraction of sp³-hybridized carbons (Fsp3) is 0.381. The van der Waals surface area contributed by atoms with E-state index in [0.717, 1.165) is 12.0 Å². The van der Waals surface area contributed by atoms with Crippen LogP contribution in [0, 0.1) is 13.8 Å². The van der Waals surface area contributed by atoms with Crippen molar-refractivity contribution in [3.8, 4) is 5.75 Å². The molecule has 134 valence electrons. The summed E-state index contributed by atoms with van der Waals surface area (Å²) < 4.78 is 5.83. The highest BCUT2D eigenvalue weighted by molar-refractivity contribution is 6.30. The molecule has 0 radical (unpaired) electrons. The van der Waals surface area contributed by atoms with Crippen molar-refractivity contribution in [2.75, 3.05) is 0 Å². The summed E-state index contributed by atoms with van der Waals surface area (Å²) in [5.74, 6) is 0.501. The second kappa shape index (κ2) is 8.91. The molecule has 3 nitrogen and oxygen atoms in total. The summed E-state index contributed by atoms with van der Waals surface area (Å²) in [4.78, 5) is 12.7. The van der Waals surface area contributed by atoms with Crippen molar-refractivity contribution < 1.29 is 9.53 Å². The minimum absolute atomic E-state index is 0.0242. The molecule has 0 aliphatic heterocycles. The molecule has 25 heavy (non-hydrogen) atoms. The zero-order valence-corrected chi connectivity index (χ0v) is 16.1. The molecule has 0 aromatic heterocycles. The molecule has 0 bridgehead atoms. The van der Waals surface area contributed by atoms with Gasteiger partial charge in [0, 0.05) is 5.02 Å². The Hall–Kier alpha value is -2.00. The van der Waals surface area contributed by atoms with Gasteiger partial charge in [-0.1, -0.05) is 49.7 Å². The van der Waals surface area contributed by atoms with Crippen LogP contribution in [0.3, 0.4) is 0 Å². The lowest BCUT2D eigenvalue weighted by molar-refractivity contribution is -0.128. The van der Waals surface area contributed by atoms with Crippen LogP contribution in [0.25, 0.3) is 0 Å². The summed E-state index contributed by atoms with van der Waals surface area (Å²) >= 11 is 5.98. The quantitative estimate of drug-likeness (QED) is 0.720. The van der Waals surface area contributed by atoms with Gasteiger partial charge in [-0.05, 0) is 61.6 Å². The zero-order chi connectivity index (χ0) is 18.4. The van der Waals surface area contributed by atoms with Gasteiger partial charge in [-0.25, -0.2) is 0 Å². The Labute approximate surface area is 155 Å². The third-order valence-electron chi connectivity index (χ3n) is 4.40. The molecule has 2 atom stereocenters. The molecule has 0 unspecified atom stereocenters. The van der Waals surface area contributed by atoms with Crippen LogP contribution in [0.1, 0.15) is 49.4 Å². The van der Waals surface area contributed by atoms with E-state index in [0.29, 0.717) is 17.2 Å². The van der Waals surface area contributed by atoms with Gasteiger partial charge in [-0.3, -0.25) is 4.79 Å². The highest BCUT2D eigenvalue weighted by atomic mass is 35.5. The first-order valence-corrected chi connectivity index (χ1v) is 9.12. The van der Waals surface area contributed by atoms with Gasteiger partial charge in [-0.2, -0.15) is 0 Å². The lowest BCUT2D eigenvalue weighted by atomic mass is 9.99. The normalized spacial score (nSPS) is 13.2. The first kappa shape index (κ1) is 19.3. The van der Waals surface area contributed by atoms with Crippen molar-refractivity contribution in [1.82, 2.24) is 5.32 Å². The van der Waals surface area contributed by atoms with Crippen molar-refractivity contribution in [2.24, 2.45) is 0 Å². The molecule has 1 N–H and O–H groups in total.